The minimum Gasteiger partial charge on any atom is -0.494 e. The Labute approximate surface area is 106 Å². The molecule has 0 fully saturated rings. The van der Waals surface area contributed by atoms with E-state index in [-0.39, 0.29) is 0 Å². The third-order valence-electron chi connectivity index (χ3n) is 2.78. The van der Waals surface area contributed by atoms with E-state index >= 15 is 0 Å². The van der Waals surface area contributed by atoms with Gasteiger partial charge >= 0.3 is 0 Å². The monoisotopic (exact) mass is 257 g/mol. The molecular weight excluding hydrogens is 242 g/mol. The smallest absolute Gasteiger partial charge is 0.250 e. The quantitative estimate of drug-likeness (QED) is 0.873. The Kier molecular flexibility index (Phi) is 4.37. The van der Waals surface area contributed by atoms with Crippen LogP contribution in [0.5, 0.6) is 5.75 Å². The summed E-state index contributed by atoms with van der Waals surface area (Å²) in [5.74, 6) is 0.0805. The third kappa shape index (κ3) is 2.53. The van der Waals surface area contributed by atoms with Crippen LogP contribution in [-0.2, 0) is 4.79 Å². The summed E-state index contributed by atoms with van der Waals surface area (Å²) < 4.78 is 5.28. The highest BCUT2D eigenvalue weighted by atomic mass is 35.5. The van der Waals surface area contributed by atoms with Gasteiger partial charge in [0.1, 0.15) is 12.4 Å². The summed E-state index contributed by atoms with van der Waals surface area (Å²) in [7, 11) is 1.53. The van der Waals surface area contributed by atoms with Gasteiger partial charge in [-0.2, -0.15) is 0 Å². The lowest BCUT2D eigenvalue weighted by Gasteiger charge is -2.18. The van der Waals surface area contributed by atoms with Crippen LogP contribution < -0.4 is 10.1 Å². The van der Waals surface area contributed by atoms with Gasteiger partial charge in [0.25, 0.3) is 0 Å². The molecule has 0 unspecified atom stereocenters. The number of aliphatic hydroxyl groups excluding tert-OH is 1. The fourth-order valence-electron chi connectivity index (χ4n) is 1.67. The van der Waals surface area contributed by atoms with Gasteiger partial charge in [0.05, 0.1) is 12.8 Å². The zero-order valence-electron chi connectivity index (χ0n) is 10.3. The standard InChI is InChI=1S/C12H16ClNO3/c1-6-7(2)12(17-4)11(8(3)10(6)13)14-9(16)5-15/h15H,5H2,1-4H3,(H,14,16). The fraction of sp³-hybridized carbons (Fsp3) is 0.417. The molecule has 0 radical (unpaired) electrons. The Bertz CT molecular complexity index is 458. The van der Waals surface area contributed by atoms with Gasteiger partial charge in [-0.3, -0.25) is 4.79 Å². The molecule has 1 aromatic carbocycles. The maximum atomic E-state index is 11.2. The molecule has 0 heterocycles. The van der Waals surface area contributed by atoms with E-state index in [1.807, 2.05) is 13.8 Å². The zero-order chi connectivity index (χ0) is 13.2. The highest BCUT2D eigenvalue weighted by Crippen LogP contribution is 2.39. The van der Waals surface area contributed by atoms with Crippen LogP contribution in [0.2, 0.25) is 5.02 Å². The van der Waals surface area contributed by atoms with Crippen LogP contribution >= 0.6 is 11.6 Å². The number of halogens is 1. The van der Waals surface area contributed by atoms with Gasteiger partial charge in [0, 0.05) is 5.02 Å². The molecule has 0 bridgehead atoms. The molecule has 0 saturated heterocycles. The molecule has 0 aromatic heterocycles. The molecule has 1 amide bonds. The Hall–Kier alpha value is -1.26. The maximum absolute atomic E-state index is 11.2. The summed E-state index contributed by atoms with van der Waals surface area (Å²) in [5, 5.41) is 11.9. The number of hydrogen-bond acceptors (Lipinski definition) is 3. The van der Waals surface area contributed by atoms with Gasteiger partial charge < -0.3 is 15.2 Å². The first-order valence-corrected chi connectivity index (χ1v) is 5.55. The van der Waals surface area contributed by atoms with Gasteiger partial charge in [0.2, 0.25) is 5.91 Å². The van der Waals surface area contributed by atoms with Crippen molar-refractivity contribution < 1.29 is 14.6 Å². The number of nitrogens with one attached hydrogen (secondary N) is 1. The molecule has 94 valence electrons. The van der Waals surface area contributed by atoms with Crippen molar-refractivity contribution in [3.8, 4) is 5.75 Å². The topological polar surface area (TPSA) is 58.6 Å². The van der Waals surface area contributed by atoms with Gasteiger partial charge in [-0.1, -0.05) is 11.6 Å². The van der Waals surface area contributed by atoms with Crippen LogP contribution in [0.15, 0.2) is 0 Å². The molecule has 5 heteroatoms. The number of benzene rings is 1. The van der Waals surface area contributed by atoms with Crippen molar-refractivity contribution in [2.24, 2.45) is 0 Å². The van der Waals surface area contributed by atoms with Crippen LogP contribution in [0.4, 0.5) is 5.69 Å². The molecule has 0 saturated carbocycles. The SMILES string of the molecule is COc1c(C)c(C)c(Cl)c(C)c1NC(=O)CO. The molecule has 0 spiro atoms. The summed E-state index contributed by atoms with van der Waals surface area (Å²) in [5.41, 5.74) is 3.03. The molecule has 17 heavy (non-hydrogen) atoms. The molecule has 0 aliphatic rings. The normalized spacial score (nSPS) is 10.2. The maximum Gasteiger partial charge on any atom is 0.250 e. The highest BCUT2D eigenvalue weighted by Gasteiger charge is 2.18. The van der Waals surface area contributed by atoms with Crippen molar-refractivity contribution in [2.45, 2.75) is 20.8 Å². The summed E-state index contributed by atoms with van der Waals surface area (Å²) in [6.07, 6.45) is 0. The van der Waals surface area contributed by atoms with E-state index in [0.29, 0.717) is 16.5 Å². The minimum absolute atomic E-state index is 0.495. The summed E-state index contributed by atoms with van der Waals surface area (Å²) in [6.45, 7) is 4.98. The van der Waals surface area contributed by atoms with E-state index in [0.717, 1.165) is 16.7 Å². The summed E-state index contributed by atoms with van der Waals surface area (Å²) in [6, 6.07) is 0. The number of aliphatic hydroxyl groups is 1. The van der Waals surface area contributed by atoms with E-state index in [1.54, 1.807) is 6.92 Å². The molecule has 0 aliphatic heterocycles. The molecule has 1 rings (SSSR count). The number of carbonyl (C=O) groups excluding carboxylic acids is 1. The first-order valence-electron chi connectivity index (χ1n) is 5.18. The second kappa shape index (κ2) is 5.38. The second-order valence-electron chi connectivity index (χ2n) is 3.80. The van der Waals surface area contributed by atoms with Gasteiger partial charge in [-0.05, 0) is 37.5 Å². The van der Waals surface area contributed by atoms with Gasteiger partial charge in [-0.15, -0.1) is 0 Å². The Morgan fingerprint density at radius 3 is 2.35 bits per heavy atom. The van der Waals surface area contributed by atoms with Crippen LogP contribution in [0.1, 0.15) is 16.7 Å². The first-order chi connectivity index (χ1) is 7.93. The predicted octanol–water partition coefficient (Wildman–Crippen LogP) is 2.20. The van der Waals surface area contributed by atoms with Gasteiger partial charge in [-0.25, -0.2) is 0 Å². The number of anilines is 1. The first kappa shape index (κ1) is 13.8. The average Bonchev–Trinajstić information content (AvgIpc) is 2.33. The number of amides is 1. The largest absolute Gasteiger partial charge is 0.494 e. The van der Waals surface area contributed by atoms with Crippen LogP contribution in [0.3, 0.4) is 0 Å². The molecule has 0 atom stereocenters. The van der Waals surface area contributed by atoms with Crippen molar-refractivity contribution in [1.29, 1.82) is 0 Å². The molecule has 0 aliphatic carbocycles. The average molecular weight is 258 g/mol. The minimum atomic E-state index is -0.576. The molecule has 1 aromatic rings. The lowest BCUT2D eigenvalue weighted by Crippen LogP contribution is -2.17. The number of methoxy groups -OCH3 is 1. The van der Waals surface area contributed by atoms with Gasteiger partial charge in [0.15, 0.2) is 0 Å². The van der Waals surface area contributed by atoms with Crippen molar-refractivity contribution >= 4 is 23.2 Å². The van der Waals surface area contributed by atoms with Crippen LogP contribution in [0.25, 0.3) is 0 Å². The van der Waals surface area contributed by atoms with Crippen LogP contribution in [0, 0.1) is 20.8 Å². The number of rotatable bonds is 3. The van der Waals surface area contributed by atoms with Crippen molar-refractivity contribution in [3.05, 3.63) is 21.7 Å². The molecular formula is C12H16ClNO3. The molecule has 4 nitrogen and oxygen atoms in total. The predicted molar refractivity (Wildman–Crippen MR) is 67.9 cm³/mol. The number of carbonyl (C=O) groups is 1. The second-order valence-corrected chi connectivity index (χ2v) is 4.18. The van der Waals surface area contributed by atoms with E-state index in [1.165, 1.54) is 7.11 Å². The van der Waals surface area contributed by atoms with Crippen LogP contribution in [-0.4, -0.2) is 24.7 Å². The number of ether oxygens (including phenoxy) is 1. The Morgan fingerprint density at radius 1 is 1.29 bits per heavy atom. The lowest BCUT2D eigenvalue weighted by atomic mass is 10.0. The van der Waals surface area contributed by atoms with E-state index in [2.05, 4.69) is 5.32 Å². The zero-order valence-corrected chi connectivity index (χ0v) is 11.1. The van der Waals surface area contributed by atoms with E-state index in [4.69, 9.17) is 21.4 Å². The fourth-order valence-corrected chi connectivity index (χ4v) is 1.90. The lowest BCUT2D eigenvalue weighted by molar-refractivity contribution is -0.118. The number of hydrogen-bond donors (Lipinski definition) is 2. The van der Waals surface area contributed by atoms with E-state index in [9.17, 15) is 4.79 Å². The molecule has 2 N–H and O–H groups in total. The Balaban J connectivity index is 3.41. The third-order valence-corrected chi connectivity index (χ3v) is 3.34. The summed E-state index contributed by atoms with van der Waals surface area (Å²) in [4.78, 5) is 11.2. The van der Waals surface area contributed by atoms with E-state index < -0.39 is 12.5 Å². The summed E-state index contributed by atoms with van der Waals surface area (Å²) >= 11 is 6.17. The highest BCUT2D eigenvalue weighted by molar-refractivity contribution is 6.32. The van der Waals surface area contributed by atoms with Crippen molar-refractivity contribution in [3.63, 3.8) is 0 Å². The van der Waals surface area contributed by atoms with Crippen molar-refractivity contribution in [1.82, 2.24) is 0 Å². The van der Waals surface area contributed by atoms with Crippen molar-refractivity contribution in [2.75, 3.05) is 19.0 Å². The Morgan fingerprint density at radius 2 is 1.88 bits per heavy atom.